The highest BCUT2D eigenvalue weighted by atomic mass is 79.9. The molecule has 2 nitrogen and oxygen atoms in total. The van der Waals surface area contributed by atoms with Crippen LogP contribution in [0.3, 0.4) is 0 Å². The van der Waals surface area contributed by atoms with Gasteiger partial charge in [-0.15, -0.1) is 0 Å². The summed E-state index contributed by atoms with van der Waals surface area (Å²) in [7, 11) is 0. The molecule has 0 saturated carbocycles. The summed E-state index contributed by atoms with van der Waals surface area (Å²) in [6.07, 6.45) is 0.811. The van der Waals surface area contributed by atoms with E-state index in [-0.39, 0.29) is 6.04 Å². The zero-order valence-electron chi connectivity index (χ0n) is 11.2. The van der Waals surface area contributed by atoms with Crippen molar-refractivity contribution in [1.82, 2.24) is 0 Å². The largest absolute Gasteiger partial charge is 0.457 e. The van der Waals surface area contributed by atoms with Crippen molar-refractivity contribution in [2.24, 2.45) is 5.73 Å². The minimum absolute atomic E-state index is 0.121. The van der Waals surface area contributed by atoms with Crippen LogP contribution in [-0.2, 0) is 6.42 Å². The van der Waals surface area contributed by atoms with Crippen LogP contribution in [-0.4, -0.2) is 6.04 Å². The first-order valence-electron chi connectivity index (χ1n) is 6.34. The molecule has 0 fully saturated rings. The molecule has 0 bridgehead atoms. The molecule has 0 amide bonds. The van der Waals surface area contributed by atoms with Gasteiger partial charge in [-0.25, -0.2) is 0 Å². The Balaban J connectivity index is 2.27. The second kappa shape index (κ2) is 6.22. The van der Waals surface area contributed by atoms with Crippen LogP contribution in [0.4, 0.5) is 0 Å². The summed E-state index contributed by atoms with van der Waals surface area (Å²) in [5.41, 5.74) is 8.12. The summed E-state index contributed by atoms with van der Waals surface area (Å²) >= 11 is 3.46. The minimum Gasteiger partial charge on any atom is -0.457 e. The maximum atomic E-state index is 6.02. The number of hydrogen-bond donors (Lipinski definition) is 1. The van der Waals surface area contributed by atoms with Crippen LogP contribution in [0.2, 0.25) is 0 Å². The van der Waals surface area contributed by atoms with Gasteiger partial charge >= 0.3 is 0 Å². The Morgan fingerprint density at radius 1 is 1.16 bits per heavy atom. The van der Waals surface area contributed by atoms with Crippen LogP contribution >= 0.6 is 15.9 Å². The number of para-hydroxylation sites is 1. The van der Waals surface area contributed by atoms with E-state index in [2.05, 4.69) is 22.0 Å². The monoisotopic (exact) mass is 319 g/mol. The third-order valence-electron chi connectivity index (χ3n) is 2.87. The molecule has 1 unspecified atom stereocenters. The van der Waals surface area contributed by atoms with Crippen LogP contribution < -0.4 is 10.5 Å². The molecule has 2 aromatic carbocycles. The maximum absolute atomic E-state index is 6.02. The van der Waals surface area contributed by atoms with Crippen LogP contribution in [0.25, 0.3) is 0 Å². The van der Waals surface area contributed by atoms with Gasteiger partial charge in [0.05, 0.1) is 0 Å². The molecular formula is C16H18BrNO. The number of ether oxygens (including phenoxy) is 1. The Kier molecular flexibility index (Phi) is 4.61. The Bertz CT molecular complexity index is 566. The fourth-order valence-corrected chi connectivity index (χ4v) is 2.44. The van der Waals surface area contributed by atoms with Gasteiger partial charge in [0.1, 0.15) is 11.5 Å². The van der Waals surface area contributed by atoms with Crippen molar-refractivity contribution < 1.29 is 4.74 Å². The quantitative estimate of drug-likeness (QED) is 0.904. The van der Waals surface area contributed by atoms with Crippen LogP contribution in [0.1, 0.15) is 18.1 Å². The van der Waals surface area contributed by atoms with Crippen molar-refractivity contribution in [2.75, 3.05) is 0 Å². The van der Waals surface area contributed by atoms with Crippen LogP contribution in [0, 0.1) is 6.92 Å². The van der Waals surface area contributed by atoms with E-state index in [0.29, 0.717) is 0 Å². The highest BCUT2D eigenvalue weighted by molar-refractivity contribution is 9.10. The molecule has 19 heavy (non-hydrogen) atoms. The Labute approximate surface area is 122 Å². The molecule has 0 saturated heterocycles. The van der Waals surface area contributed by atoms with Gasteiger partial charge in [-0.2, -0.15) is 0 Å². The van der Waals surface area contributed by atoms with E-state index in [0.717, 1.165) is 33.5 Å². The molecule has 2 aromatic rings. The Hall–Kier alpha value is -1.32. The molecule has 2 N–H and O–H groups in total. The van der Waals surface area contributed by atoms with Gasteiger partial charge in [-0.1, -0.05) is 34.1 Å². The van der Waals surface area contributed by atoms with Crippen LogP contribution in [0.5, 0.6) is 11.5 Å². The third-order valence-corrected chi connectivity index (χ3v) is 3.36. The SMILES string of the molecule is Cc1cc(Br)ccc1Oc1ccccc1CC(C)N. The third kappa shape index (κ3) is 3.82. The molecule has 100 valence electrons. The summed E-state index contributed by atoms with van der Waals surface area (Å²) in [5, 5.41) is 0. The predicted octanol–water partition coefficient (Wildman–Crippen LogP) is 4.44. The van der Waals surface area contributed by atoms with Gasteiger partial charge in [0.2, 0.25) is 0 Å². The minimum atomic E-state index is 0.121. The maximum Gasteiger partial charge on any atom is 0.130 e. The van der Waals surface area contributed by atoms with E-state index in [1.165, 1.54) is 0 Å². The van der Waals surface area contributed by atoms with E-state index in [1.807, 2.05) is 50.2 Å². The molecule has 0 aliphatic rings. The van der Waals surface area contributed by atoms with Crippen molar-refractivity contribution in [1.29, 1.82) is 0 Å². The highest BCUT2D eigenvalue weighted by Gasteiger charge is 2.08. The molecule has 0 aliphatic carbocycles. The van der Waals surface area contributed by atoms with E-state index in [1.54, 1.807) is 0 Å². The molecule has 1 atom stereocenters. The van der Waals surface area contributed by atoms with Crippen molar-refractivity contribution in [3.63, 3.8) is 0 Å². The topological polar surface area (TPSA) is 35.2 Å². The molecule has 0 aliphatic heterocycles. The number of aryl methyl sites for hydroxylation is 1. The van der Waals surface area contributed by atoms with Gasteiger partial charge in [0.25, 0.3) is 0 Å². The van der Waals surface area contributed by atoms with Gasteiger partial charge in [0, 0.05) is 10.5 Å². The first-order valence-corrected chi connectivity index (χ1v) is 7.13. The molecule has 0 aromatic heterocycles. The summed E-state index contributed by atoms with van der Waals surface area (Å²) in [4.78, 5) is 0. The predicted molar refractivity (Wildman–Crippen MR) is 82.7 cm³/mol. The lowest BCUT2D eigenvalue weighted by molar-refractivity contribution is 0.470. The normalized spacial score (nSPS) is 12.2. The fraction of sp³-hybridized carbons (Fsp3) is 0.250. The van der Waals surface area contributed by atoms with Crippen molar-refractivity contribution in [3.05, 3.63) is 58.1 Å². The molecule has 0 spiro atoms. The van der Waals surface area contributed by atoms with E-state index in [4.69, 9.17) is 10.5 Å². The Morgan fingerprint density at radius 2 is 1.89 bits per heavy atom. The second-order valence-electron chi connectivity index (χ2n) is 4.80. The average molecular weight is 320 g/mol. The first-order chi connectivity index (χ1) is 9.06. The smallest absolute Gasteiger partial charge is 0.130 e. The summed E-state index contributed by atoms with van der Waals surface area (Å²) in [5.74, 6) is 1.76. The average Bonchev–Trinajstić information content (AvgIpc) is 2.34. The zero-order chi connectivity index (χ0) is 13.8. The summed E-state index contributed by atoms with van der Waals surface area (Å²) < 4.78 is 7.08. The highest BCUT2D eigenvalue weighted by Crippen LogP contribution is 2.30. The number of benzene rings is 2. The fourth-order valence-electron chi connectivity index (χ4n) is 1.96. The van der Waals surface area contributed by atoms with E-state index >= 15 is 0 Å². The number of halogens is 1. The van der Waals surface area contributed by atoms with Crippen molar-refractivity contribution >= 4 is 15.9 Å². The van der Waals surface area contributed by atoms with Gasteiger partial charge in [-0.3, -0.25) is 0 Å². The molecule has 0 radical (unpaired) electrons. The standard InChI is InChI=1S/C16H18BrNO/c1-11-9-14(17)7-8-15(11)19-16-6-4-3-5-13(16)10-12(2)18/h3-9,12H,10,18H2,1-2H3. The van der Waals surface area contributed by atoms with Crippen LogP contribution in [0.15, 0.2) is 46.9 Å². The Morgan fingerprint density at radius 3 is 2.58 bits per heavy atom. The molecular weight excluding hydrogens is 302 g/mol. The first kappa shape index (κ1) is 14.1. The van der Waals surface area contributed by atoms with Gasteiger partial charge < -0.3 is 10.5 Å². The number of rotatable bonds is 4. The van der Waals surface area contributed by atoms with Crippen molar-refractivity contribution in [3.8, 4) is 11.5 Å². The van der Waals surface area contributed by atoms with E-state index < -0.39 is 0 Å². The summed E-state index contributed by atoms with van der Waals surface area (Å²) in [6.45, 7) is 4.04. The van der Waals surface area contributed by atoms with Gasteiger partial charge in [0.15, 0.2) is 0 Å². The number of nitrogens with two attached hydrogens (primary N) is 1. The summed E-state index contributed by atoms with van der Waals surface area (Å²) in [6, 6.07) is 14.2. The molecule has 2 rings (SSSR count). The zero-order valence-corrected chi connectivity index (χ0v) is 12.8. The molecule has 0 heterocycles. The van der Waals surface area contributed by atoms with Gasteiger partial charge in [-0.05, 0) is 55.7 Å². The second-order valence-corrected chi connectivity index (χ2v) is 5.72. The lowest BCUT2D eigenvalue weighted by Crippen LogP contribution is -2.18. The van der Waals surface area contributed by atoms with E-state index in [9.17, 15) is 0 Å². The number of hydrogen-bond acceptors (Lipinski definition) is 2. The molecule has 3 heteroatoms. The van der Waals surface area contributed by atoms with Crippen molar-refractivity contribution in [2.45, 2.75) is 26.3 Å². The lowest BCUT2D eigenvalue weighted by Gasteiger charge is -2.14. The lowest BCUT2D eigenvalue weighted by atomic mass is 10.1.